The number of fused-ring (bicyclic) bond motifs is 1. The lowest BCUT2D eigenvalue weighted by molar-refractivity contribution is 0.219. The van der Waals surface area contributed by atoms with E-state index in [9.17, 15) is 14.2 Å². The largest absolute Gasteiger partial charge is 0.333 e. The fraction of sp³-hybridized carbons (Fsp3) is 0.536. The molecule has 0 aliphatic rings. The molecule has 1 aromatic carbocycles. The predicted molar refractivity (Wildman–Crippen MR) is 151 cm³/mol. The molecule has 3 rings (SSSR count). The van der Waals surface area contributed by atoms with E-state index in [1.54, 1.807) is 13.8 Å². The Morgan fingerprint density at radius 2 is 1.74 bits per heavy atom. The summed E-state index contributed by atoms with van der Waals surface area (Å²) in [4.78, 5) is 31.7. The molecule has 38 heavy (non-hydrogen) atoms. The second kappa shape index (κ2) is 13.2. The van der Waals surface area contributed by atoms with Gasteiger partial charge in [0.2, 0.25) is 0 Å². The van der Waals surface area contributed by atoms with Crippen molar-refractivity contribution in [2.45, 2.75) is 79.4 Å². The van der Waals surface area contributed by atoms with Crippen LogP contribution in [0.15, 0.2) is 33.9 Å². The maximum atomic E-state index is 13.5. The Morgan fingerprint density at radius 1 is 1.05 bits per heavy atom. The molecule has 0 aliphatic heterocycles. The number of terminal acetylenes is 1. The normalized spacial score (nSPS) is 11.9. The van der Waals surface area contributed by atoms with E-state index in [-0.39, 0.29) is 18.7 Å². The first-order valence-corrected chi connectivity index (χ1v) is 15.0. The number of hydrogen-bond donors (Lipinski definition) is 0. The third kappa shape index (κ3) is 6.55. The third-order valence-electron chi connectivity index (χ3n) is 6.49. The molecule has 0 N–H and O–H groups in total. The number of aromatic nitrogens is 4. The highest BCUT2D eigenvalue weighted by atomic mass is 31.2. The van der Waals surface area contributed by atoms with Crippen LogP contribution in [0.2, 0.25) is 0 Å². The summed E-state index contributed by atoms with van der Waals surface area (Å²) in [5.74, 6) is 3.18. The molecule has 0 aliphatic carbocycles. The molecule has 10 heteroatoms. The minimum absolute atomic E-state index is 0.0481. The van der Waals surface area contributed by atoms with Crippen LogP contribution in [0.4, 0.5) is 0 Å². The smallest absolute Gasteiger partial charge is 0.320 e. The monoisotopic (exact) mass is 542 g/mol. The Morgan fingerprint density at radius 3 is 2.34 bits per heavy atom. The molecule has 3 aromatic rings. The summed E-state index contributed by atoms with van der Waals surface area (Å²) in [6, 6.07) is 8.15. The van der Waals surface area contributed by atoms with Gasteiger partial charge in [-0.1, -0.05) is 30.2 Å². The fourth-order valence-corrected chi connectivity index (χ4v) is 6.47. The molecule has 0 bridgehead atoms. The topological polar surface area (TPSA) is 97.3 Å². The summed E-state index contributed by atoms with van der Waals surface area (Å²) in [5.41, 5.74) is 2.23. The van der Waals surface area contributed by atoms with Crippen LogP contribution >= 0.6 is 7.60 Å². The minimum atomic E-state index is -3.18. The van der Waals surface area contributed by atoms with Crippen LogP contribution < -0.4 is 11.2 Å². The fourth-order valence-electron chi connectivity index (χ4n) is 4.74. The Hall–Kier alpha value is -2.92. The van der Waals surface area contributed by atoms with Crippen molar-refractivity contribution in [2.24, 2.45) is 0 Å². The molecule has 0 unspecified atom stereocenters. The summed E-state index contributed by atoms with van der Waals surface area (Å²) >= 11 is 0. The first-order chi connectivity index (χ1) is 18.2. The minimum Gasteiger partial charge on any atom is -0.320 e. The predicted octanol–water partition coefficient (Wildman–Crippen LogP) is 4.71. The van der Waals surface area contributed by atoms with Gasteiger partial charge in [0, 0.05) is 19.0 Å². The lowest BCUT2D eigenvalue weighted by Crippen LogP contribution is -2.40. The number of aryl methyl sites for hydroxylation is 4. The average Bonchev–Trinajstić information content (AvgIpc) is 3.26. The number of rotatable bonds is 14. The molecular weight excluding hydrogens is 503 g/mol. The Labute approximate surface area is 224 Å². The molecule has 2 aromatic heterocycles. The van der Waals surface area contributed by atoms with Crippen molar-refractivity contribution in [3.63, 3.8) is 0 Å². The number of benzene rings is 1. The van der Waals surface area contributed by atoms with Gasteiger partial charge in [-0.05, 0) is 65.0 Å². The lowest BCUT2D eigenvalue weighted by Gasteiger charge is -2.17. The van der Waals surface area contributed by atoms with Gasteiger partial charge >= 0.3 is 13.3 Å². The van der Waals surface area contributed by atoms with Gasteiger partial charge in [0.15, 0.2) is 11.2 Å². The van der Waals surface area contributed by atoms with Gasteiger partial charge in [-0.3, -0.25) is 13.9 Å². The van der Waals surface area contributed by atoms with Gasteiger partial charge in [0.1, 0.15) is 5.82 Å². The molecule has 0 radical (unpaired) electrons. The Kier molecular flexibility index (Phi) is 10.3. The van der Waals surface area contributed by atoms with Crippen molar-refractivity contribution >= 4 is 18.8 Å². The second-order valence-corrected chi connectivity index (χ2v) is 11.7. The molecule has 0 fully saturated rings. The van der Waals surface area contributed by atoms with Gasteiger partial charge in [0.05, 0.1) is 25.9 Å². The lowest BCUT2D eigenvalue weighted by atomic mass is 10.0. The zero-order chi connectivity index (χ0) is 27.9. The molecular formula is C28H39N4O5P. The van der Waals surface area contributed by atoms with E-state index >= 15 is 0 Å². The number of unbranched alkanes of at least 4 members (excludes halogenated alkanes) is 1. The van der Waals surface area contributed by atoms with Crippen LogP contribution in [0.25, 0.3) is 11.2 Å². The van der Waals surface area contributed by atoms with Crippen molar-refractivity contribution < 1.29 is 13.6 Å². The van der Waals surface area contributed by atoms with Gasteiger partial charge in [0.25, 0.3) is 5.56 Å². The molecule has 9 nitrogen and oxygen atoms in total. The molecule has 206 valence electrons. The third-order valence-corrected chi connectivity index (χ3v) is 8.66. The molecule has 0 saturated carbocycles. The van der Waals surface area contributed by atoms with E-state index in [0.717, 1.165) is 16.8 Å². The standard InChI is InChI=1S/C28H39N4O5P/c1-7-18-31-27(33)25-26(30(28(31)34)19-12-13-20-38(35,36-8-2)37-9-3)29-24(32(25)21(4)5)17-16-23-15-11-10-14-22(23)6/h1,10-11,14-15,21H,8-9,12-13,16-20H2,2-6H3. The van der Waals surface area contributed by atoms with Gasteiger partial charge in [-0.2, -0.15) is 0 Å². The summed E-state index contributed by atoms with van der Waals surface area (Å²) in [6.07, 6.45) is 8.18. The molecule has 2 heterocycles. The van der Waals surface area contributed by atoms with Crippen LogP contribution in [0.3, 0.4) is 0 Å². The van der Waals surface area contributed by atoms with Crippen LogP contribution in [0.1, 0.15) is 63.5 Å². The summed E-state index contributed by atoms with van der Waals surface area (Å²) in [6.45, 7) is 10.4. The van der Waals surface area contributed by atoms with Crippen molar-refractivity contribution in [1.29, 1.82) is 0 Å². The first-order valence-electron chi connectivity index (χ1n) is 13.3. The van der Waals surface area contributed by atoms with Crippen molar-refractivity contribution in [3.05, 3.63) is 62.1 Å². The van der Waals surface area contributed by atoms with Crippen molar-refractivity contribution in [3.8, 4) is 12.3 Å². The van der Waals surface area contributed by atoms with E-state index in [4.69, 9.17) is 20.5 Å². The van der Waals surface area contributed by atoms with Gasteiger partial charge in [-0.25, -0.2) is 14.3 Å². The van der Waals surface area contributed by atoms with E-state index in [0.29, 0.717) is 50.2 Å². The number of hydrogen-bond acceptors (Lipinski definition) is 6. The van der Waals surface area contributed by atoms with Crippen LogP contribution in [0, 0.1) is 19.3 Å². The van der Waals surface area contributed by atoms with E-state index < -0.39 is 18.8 Å². The van der Waals surface area contributed by atoms with Crippen LogP contribution in [0.5, 0.6) is 0 Å². The SMILES string of the molecule is C#CCn1c(=O)c2c(nc(CCc3ccccc3C)n2C(C)C)n(CCCCP(=O)(OCC)OCC)c1=O. The van der Waals surface area contributed by atoms with Gasteiger partial charge < -0.3 is 13.6 Å². The van der Waals surface area contributed by atoms with Crippen LogP contribution in [-0.4, -0.2) is 38.1 Å². The summed E-state index contributed by atoms with van der Waals surface area (Å²) in [5, 5.41) is 0. The molecule has 0 spiro atoms. The van der Waals surface area contributed by atoms with Crippen molar-refractivity contribution in [1.82, 2.24) is 18.7 Å². The second-order valence-electron chi connectivity index (χ2n) is 9.50. The summed E-state index contributed by atoms with van der Waals surface area (Å²) in [7, 11) is -3.18. The summed E-state index contributed by atoms with van der Waals surface area (Å²) < 4.78 is 28.1. The highest BCUT2D eigenvalue weighted by molar-refractivity contribution is 7.53. The highest BCUT2D eigenvalue weighted by Gasteiger charge is 2.25. The zero-order valence-corrected chi connectivity index (χ0v) is 24.0. The van der Waals surface area contributed by atoms with E-state index in [2.05, 4.69) is 25.0 Å². The van der Waals surface area contributed by atoms with E-state index in [1.165, 1.54) is 15.7 Å². The Balaban J connectivity index is 2.01. The van der Waals surface area contributed by atoms with Crippen molar-refractivity contribution in [2.75, 3.05) is 19.4 Å². The molecule has 0 amide bonds. The maximum absolute atomic E-state index is 13.5. The van der Waals surface area contributed by atoms with E-state index in [1.807, 2.05) is 30.5 Å². The van der Waals surface area contributed by atoms with Crippen LogP contribution in [-0.2, 0) is 39.5 Å². The first kappa shape index (κ1) is 29.6. The number of nitrogens with zero attached hydrogens (tertiary/aromatic N) is 4. The quantitative estimate of drug-likeness (QED) is 0.166. The molecule has 0 saturated heterocycles. The Bertz CT molecular complexity index is 1450. The highest BCUT2D eigenvalue weighted by Crippen LogP contribution is 2.48. The number of imidazole rings is 1. The maximum Gasteiger partial charge on any atom is 0.333 e. The molecule has 0 atom stereocenters. The average molecular weight is 543 g/mol. The van der Waals surface area contributed by atoms with Gasteiger partial charge in [-0.15, -0.1) is 6.42 Å². The zero-order valence-electron chi connectivity index (χ0n) is 23.1.